The molecule has 0 aromatic carbocycles. The summed E-state index contributed by atoms with van der Waals surface area (Å²) >= 11 is 0. The van der Waals surface area contributed by atoms with Crippen LogP contribution in [0.3, 0.4) is 0 Å². The molecule has 0 spiro atoms. The summed E-state index contributed by atoms with van der Waals surface area (Å²) in [6.45, 7) is 6.91. The van der Waals surface area contributed by atoms with E-state index in [0.717, 1.165) is 12.8 Å². The molecular weight excluding hydrogens is 112 g/mol. The SMILES string of the molecule is [CH2]C#CCCC(C)(C)O. The molecule has 0 amide bonds. The molecule has 0 aliphatic rings. The van der Waals surface area contributed by atoms with Crippen LogP contribution in [0.2, 0.25) is 0 Å². The fraction of sp³-hybridized carbons (Fsp3) is 0.625. The van der Waals surface area contributed by atoms with Gasteiger partial charge in [0.25, 0.3) is 0 Å². The van der Waals surface area contributed by atoms with Crippen molar-refractivity contribution in [2.24, 2.45) is 0 Å². The summed E-state index contributed by atoms with van der Waals surface area (Å²) in [7, 11) is 0. The van der Waals surface area contributed by atoms with Crippen LogP contribution in [0.1, 0.15) is 26.7 Å². The Labute approximate surface area is 57.1 Å². The average Bonchev–Trinajstić information content (AvgIpc) is 1.63. The number of hydrogen-bond acceptors (Lipinski definition) is 1. The van der Waals surface area contributed by atoms with Gasteiger partial charge < -0.3 is 5.11 Å². The van der Waals surface area contributed by atoms with Crippen molar-refractivity contribution < 1.29 is 5.11 Å². The van der Waals surface area contributed by atoms with E-state index in [0.29, 0.717) is 0 Å². The highest BCUT2D eigenvalue weighted by Crippen LogP contribution is 2.08. The molecule has 0 rings (SSSR count). The van der Waals surface area contributed by atoms with Crippen LogP contribution in [-0.2, 0) is 0 Å². The maximum Gasteiger partial charge on any atom is 0.0600 e. The minimum Gasteiger partial charge on any atom is -0.390 e. The molecule has 0 aliphatic heterocycles. The Bertz CT molecular complexity index is 120. The van der Waals surface area contributed by atoms with Crippen LogP contribution in [0.4, 0.5) is 0 Å². The molecule has 1 N–H and O–H groups in total. The van der Waals surface area contributed by atoms with Gasteiger partial charge in [0.1, 0.15) is 0 Å². The van der Waals surface area contributed by atoms with Crippen molar-refractivity contribution in [2.75, 3.05) is 0 Å². The summed E-state index contributed by atoms with van der Waals surface area (Å²) < 4.78 is 0. The van der Waals surface area contributed by atoms with Crippen molar-refractivity contribution >= 4 is 0 Å². The van der Waals surface area contributed by atoms with Crippen molar-refractivity contribution in [1.82, 2.24) is 0 Å². The number of aliphatic hydroxyl groups is 1. The second-order valence-corrected chi connectivity index (χ2v) is 2.67. The van der Waals surface area contributed by atoms with E-state index < -0.39 is 5.60 Å². The zero-order valence-corrected chi connectivity index (χ0v) is 6.07. The van der Waals surface area contributed by atoms with Crippen molar-refractivity contribution in [3.8, 4) is 11.8 Å². The first-order chi connectivity index (χ1) is 4.06. The van der Waals surface area contributed by atoms with Gasteiger partial charge in [0.15, 0.2) is 0 Å². The summed E-state index contributed by atoms with van der Waals surface area (Å²) in [5.41, 5.74) is -0.580. The third-order valence-electron chi connectivity index (χ3n) is 0.987. The van der Waals surface area contributed by atoms with Crippen LogP contribution < -0.4 is 0 Å². The lowest BCUT2D eigenvalue weighted by atomic mass is 10.0. The summed E-state index contributed by atoms with van der Waals surface area (Å²) in [5, 5.41) is 9.16. The third kappa shape index (κ3) is 7.52. The topological polar surface area (TPSA) is 20.2 Å². The molecule has 9 heavy (non-hydrogen) atoms. The maximum absolute atomic E-state index is 9.16. The fourth-order valence-electron chi connectivity index (χ4n) is 0.457. The highest BCUT2D eigenvalue weighted by molar-refractivity contribution is 5.01. The number of rotatable bonds is 2. The van der Waals surface area contributed by atoms with Gasteiger partial charge >= 0.3 is 0 Å². The first-order valence-electron chi connectivity index (χ1n) is 3.03. The van der Waals surface area contributed by atoms with Crippen molar-refractivity contribution in [3.05, 3.63) is 6.92 Å². The van der Waals surface area contributed by atoms with Gasteiger partial charge in [-0.3, -0.25) is 0 Å². The van der Waals surface area contributed by atoms with Crippen LogP contribution in [-0.4, -0.2) is 10.7 Å². The van der Waals surface area contributed by atoms with E-state index in [1.807, 2.05) is 0 Å². The van der Waals surface area contributed by atoms with E-state index in [1.54, 1.807) is 13.8 Å². The standard InChI is InChI=1S/C8H13O/c1-4-5-6-7-8(2,3)9/h9H,1,6-7H2,2-3H3. The zero-order chi connectivity index (χ0) is 7.33. The molecule has 0 unspecified atom stereocenters. The Balaban J connectivity index is 3.36. The van der Waals surface area contributed by atoms with Crippen LogP contribution in [0.5, 0.6) is 0 Å². The van der Waals surface area contributed by atoms with Crippen LogP contribution in [0.25, 0.3) is 0 Å². The Morgan fingerprint density at radius 1 is 1.56 bits per heavy atom. The molecule has 0 bridgehead atoms. The molecule has 0 fully saturated rings. The molecule has 0 aromatic rings. The second-order valence-electron chi connectivity index (χ2n) is 2.67. The predicted octanol–water partition coefficient (Wildman–Crippen LogP) is 1.37. The molecule has 1 nitrogen and oxygen atoms in total. The van der Waals surface area contributed by atoms with Gasteiger partial charge in [-0.2, -0.15) is 0 Å². The molecule has 0 saturated carbocycles. The maximum atomic E-state index is 9.16. The van der Waals surface area contributed by atoms with Gasteiger partial charge in [0, 0.05) is 13.3 Å². The van der Waals surface area contributed by atoms with E-state index in [1.165, 1.54) is 0 Å². The van der Waals surface area contributed by atoms with Crippen LogP contribution in [0.15, 0.2) is 0 Å². The van der Waals surface area contributed by atoms with E-state index in [4.69, 9.17) is 5.11 Å². The Morgan fingerprint density at radius 3 is 2.44 bits per heavy atom. The zero-order valence-electron chi connectivity index (χ0n) is 6.07. The van der Waals surface area contributed by atoms with E-state index in [9.17, 15) is 0 Å². The second kappa shape index (κ2) is 3.53. The monoisotopic (exact) mass is 125 g/mol. The Morgan fingerprint density at radius 2 is 2.11 bits per heavy atom. The lowest BCUT2D eigenvalue weighted by Gasteiger charge is -2.13. The van der Waals surface area contributed by atoms with Gasteiger partial charge in [0.2, 0.25) is 0 Å². The third-order valence-corrected chi connectivity index (χ3v) is 0.987. The lowest BCUT2D eigenvalue weighted by Crippen LogP contribution is -2.17. The molecular formula is C8H13O. The molecule has 0 saturated heterocycles. The van der Waals surface area contributed by atoms with E-state index >= 15 is 0 Å². The molecule has 0 aromatic heterocycles. The summed E-state index contributed by atoms with van der Waals surface area (Å²) in [5.74, 6) is 5.31. The highest BCUT2D eigenvalue weighted by Gasteiger charge is 2.09. The fourth-order valence-corrected chi connectivity index (χ4v) is 0.457. The summed E-state index contributed by atoms with van der Waals surface area (Å²) in [4.78, 5) is 0. The first-order valence-corrected chi connectivity index (χ1v) is 3.03. The quantitative estimate of drug-likeness (QED) is 0.553. The largest absolute Gasteiger partial charge is 0.390 e. The number of hydrogen-bond donors (Lipinski definition) is 1. The Hall–Kier alpha value is -0.480. The molecule has 0 atom stereocenters. The minimum atomic E-state index is -0.580. The highest BCUT2D eigenvalue weighted by atomic mass is 16.3. The summed E-state index contributed by atoms with van der Waals surface area (Å²) in [6, 6.07) is 0. The van der Waals surface area contributed by atoms with E-state index in [-0.39, 0.29) is 0 Å². The van der Waals surface area contributed by atoms with E-state index in [2.05, 4.69) is 18.8 Å². The van der Waals surface area contributed by atoms with Crippen molar-refractivity contribution in [3.63, 3.8) is 0 Å². The van der Waals surface area contributed by atoms with Crippen LogP contribution >= 0.6 is 0 Å². The first kappa shape index (κ1) is 8.52. The Kier molecular flexibility index (Phi) is 3.34. The van der Waals surface area contributed by atoms with Crippen molar-refractivity contribution in [1.29, 1.82) is 0 Å². The summed E-state index contributed by atoms with van der Waals surface area (Å²) in [6.07, 6.45) is 1.45. The van der Waals surface area contributed by atoms with Gasteiger partial charge in [0.05, 0.1) is 5.60 Å². The van der Waals surface area contributed by atoms with Crippen molar-refractivity contribution in [2.45, 2.75) is 32.3 Å². The van der Waals surface area contributed by atoms with Gasteiger partial charge in [-0.15, -0.1) is 11.8 Å². The van der Waals surface area contributed by atoms with Gasteiger partial charge in [-0.25, -0.2) is 0 Å². The van der Waals surface area contributed by atoms with Gasteiger partial charge in [-0.05, 0) is 20.3 Å². The van der Waals surface area contributed by atoms with Gasteiger partial charge in [-0.1, -0.05) is 0 Å². The van der Waals surface area contributed by atoms with Crippen LogP contribution in [0, 0.1) is 18.8 Å². The molecule has 0 aliphatic carbocycles. The molecule has 0 heterocycles. The minimum absolute atomic E-state index is 0.580. The predicted molar refractivity (Wildman–Crippen MR) is 38.7 cm³/mol. The normalized spacial score (nSPS) is 10.2. The average molecular weight is 125 g/mol. The molecule has 1 radical (unpaired) electrons. The lowest BCUT2D eigenvalue weighted by molar-refractivity contribution is 0.0727. The smallest absolute Gasteiger partial charge is 0.0600 e. The molecule has 1 heteroatoms. The molecule has 51 valence electrons.